The van der Waals surface area contributed by atoms with Gasteiger partial charge in [0.2, 0.25) is 11.6 Å². The van der Waals surface area contributed by atoms with Gasteiger partial charge in [0.05, 0.1) is 6.10 Å². The van der Waals surface area contributed by atoms with Crippen molar-refractivity contribution in [2.24, 2.45) is 0 Å². The van der Waals surface area contributed by atoms with E-state index in [0.29, 0.717) is 22.7 Å². The first-order valence-electron chi connectivity index (χ1n) is 10.8. The molecule has 0 radical (unpaired) electrons. The zero-order valence-corrected chi connectivity index (χ0v) is 20.1. The fourth-order valence-electron chi connectivity index (χ4n) is 3.91. The highest BCUT2D eigenvalue weighted by Crippen LogP contribution is 2.41. The van der Waals surface area contributed by atoms with Gasteiger partial charge in [-0.1, -0.05) is 30.3 Å². The Morgan fingerprint density at radius 3 is 2.66 bits per heavy atom. The normalized spacial score (nSPS) is 19.1. The second-order valence-electron chi connectivity index (χ2n) is 8.90. The van der Waals surface area contributed by atoms with Crippen LogP contribution in [0.1, 0.15) is 46.5 Å². The van der Waals surface area contributed by atoms with Crippen LogP contribution >= 0.6 is 15.9 Å². The zero-order valence-electron chi connectivity index (χ0n) is 18.5. The Kier molecular flexibility index (Phi) is 6.81. The lowest BCUT2D eigenvalue weighted by Crippen LogP contribution is -2.33. The molecule has 0 amide bonds. The van der Waals surface area contributed by atoms with E-state index < -0.39 is 5.60 Å². The molecule has 0 bridgehead atoms. The van der Waals surface area contributed by atoms with Crippen LogP contribution in [0.3, 0.4) is 0 Å². The molecular formula is C24H27BrN2O5. The molecule has 170 valence electrons. The second kappa shape index (κ2) is 9.58. The van der Waals surface area contributed by atoms with Gasteiger partial charge < -0.3 is 18.6 Å². The molecule has 7 nitrogen and oxygen atoms in total. The summed E-state index contributed by atoms with van der Waals surface area (Å²) in [6, 6.07) is 9.92. The first-order chi connectivity index (χ1) is 15.3. The largest absolute Gasteiger partial charge is 0.474 e. The lowest BCUT2D eigenvalue weighted by Gasteiger charge is -2.29. The van der Waals surface area contributed by atoms with E-state index in [9.17, 15) is 4.79 Å². The molecule has 4 rings (SSSR count). The number of ether oxygens (including phenoxy) is 3. The van der Waals surface area contributed by atoms with Crippen LogP contribution in [0.15, 0.2) is 45.7 Å². The molecule has 1 saturated carbocycles. The molecule has 1 aromatic carbocycles. The molecule has 0 saturated heterocycles. The first kappa shape index (κ1) is 22.7. The van der Waals surface area contributed by atoms with Crippen molar-refractivity contribution in [2.45, 2.75) is 64.3 Å². The number of carbonyl (C=O) groups excluding carboxylic acids is 1. The first-order valence-corrected chi connectivity index (χ1v) is 11.6. The van der Waals surface area contributed by atoms with Crippen molar-refractivity contribution < 1.29 is 23.4 Å². The standard InChI is InChI=1S/C24H27BrN2O5/c1-24(2,3)32-18(28)13-29-16-10-7-11-17(12-16)30-22-20-19(15-8-5-4-6-9-15)21(25)31-23(20)27-14-26-22/h4-6,8-9,14,16-17H,7,10-13H2,1-3H3/t16-,17+/m0/s1. The number of fused-ring (bicyclic) bond motifs is 1. The number of benzene rings is 1. The molecule has 0 unspecified atom stereocenters. The summed E-state index contributed by atoms with van der Waals surface area (Å²) in [5.74, 6) is 0.134. The van der Waals surface area contributed by atoms with Crippen molar-refractivity contribution in [2.75, 3.05) is 6.61 Å². The molecule has 8 heteroatoms. The minimum absolute atomic E-state index is 0.0563. The van der Waals surface area contributed by atoms with Gasteiger partial charge >= 0.3 is 5.97 Å². The van der Waals surface area contributed by atoms with Crippen LogP contribution in [-0.2, 0) is 14.3 Å². The second-order valence-corrected chi connectivity index (χ2v) is 9.62. The average Bonchev–Trinajstić information content (AvgIpc) is 3.09. The number of hydrogen-bond acceptors (Lipinski definition) is 7. The van der Waals surface area contributed by atoms with Gasteiger partial charge in [-0.3, -0.25) is 0 Å². The van der Waals surface area contributed by atoms with E-state index >= 15 is 0 Å². The molecular weight excluding hydrogens is 476 g/mol. The van der Waals surface area contributed by atoms with Crippen LogP contribution in [0, 0.1) is 0 Å². The summed E-state index contributed by atoms with van der Waals surface area (Å²) in [5, 5.41) is 0.738. The Hall–Kier alpha value is -2.45. The topological polar surface area (TPSA) is 83.7 Å². The van der Waals surface area contributed by atoms with E-state index in [-0.39, 0.29) is 24.8 Å². The maximum absolute atomic E-state index is 12.0. The van der Waals surface area contributed by atoms with E-state index in [1.807, 2.05) is 51.1 Å². The highest BCUT2D eigenvalue weighted by molar-refractivity contribution is 9.10. The highest BCUT2D eigenvalue weighted by Gasteiger charge is 2.28. The summed E-state index contributed by atoms with van der Waals surface area (Å²) < 4.78 is 23.9. The lowest BCUT2D eigenvalue weighted by atomic mass is 9.95. The van der Waals surface area contributed by atoms with Crippen molar-refractivity contribution in [3.05, 3.63) is 41.3 Å². The van der Waals surface area contributed by atoms with Crippen molar-refractivity contribution in [1.82, 2.24) is 9.97 Å². The number of carbonyl (C=O) groups is 1. The molecule has 0 spiro atoms. The summed E-state index contributed by atoms with van der Waals surface area (Å²) in [7, 11) is 0. The number of halogens is 1. The summed E-state index contributed by atoms with van der Waals surface area (Å²) in [6.45, 7) is 5.47. The molecule has 3 aromatic rings. The maximum atomic E-state index is 12.0. The van der Waals surface area contributed by atoms with Crippen LogP contribution in [0.25, 0.3) is 22.2 Å². The summed E-state index contributed by atoms with van der Waals surface area (Å²) in [5.41, 5.74) is 1.80. The third-order valence-electron chi connectivity index (χ3n) is 5.19. The number of rotatable bonds is 6. The summed E-state index contributed by atoms with van der Waals surface area (Å²) in [4.78, 5) is 20.7. The molecule has 0 N–H and O–H groups in total. The molecule has 2 aromatic heterocycles. The third-order valence-corrected chi connectivity index (χ3v) is 5.74. The van der Waals surface area contributed by atoms with E-state index in [0.717, 1.165) is 35.8 Å². The average molecular weight is 503 g/mol. The summed E-state index contributed by atoms with van der Waals surface area (Å²) >= 11 is 3.52. The highest BCUT2D eigenvalue weighted by atomic mass is 79.9. The Balaban J connectivity index is 1.48. The molecule has 0 aliphatic heterocycles. The van der Waals surface area contributed by atoms with Crippen LogP contribution in [0.4, 0.5) is 0 Å². The van der Waals surface area contributed by atoms with Crippen LogP contribution < -0.4 is 4.74 Å². The Bertz CT molecular complexity index is 1080. The van der Waals surface area contributed by atoms with Gasteiger partial charge in [-0.25, -0.2) is 14.8 Å². The number of furan rings is 1. The fraction of sp³-hybridized carbons (Fsp3) is 0.458. The molecule has 1 fully saturated rings. The predicted octanol–water partition coefficient (Wildman–Crippen LogP) is 5.70. The maximum Gasteiger partial charge on any atom is 0.332 e. The smallest absolute Gasteiger partial charge is 0.332 e. The van der Waals surface area contributed by atoms with Crippen molar-refractivity contribution in [3.63, 3.8) is 0 Å². The Morgan fingerprint density at radius 1 is 1.16 bits per heavy atom. The number of aromatic nitrogens is 2. The third kappa shape index (κ3) is 5.48. The van der Waals surface area contributed by atoms with Gasteiger partial charge in [-0.15, -0.1) is 0 Å². The van der Waals surface area contributed by atoms with Gasteiger partial charge in [0.1, 0.15) is 30.0 Å². The van der Waals surface area contributed by atoms with Crippen molar-refractivity contribution in [3.8, 4) is 17.0 Å². The van der Waals surface area contributed by atoms with Crippen LogP contribution in [0.2, 0.25) is 0 Å². The van der Waals surface area contributed by atoms with Crippen molar-refractivity contribution >= 4 is 33.0 Å². The number of esters is 1. The Morgan fingerprint density at radius 2 is 1.91 bits per heavy atom. The molecule has 1 aliphatic carbocycles. The zero-order chi connectivity index (χ0) is 22.7. The Labute approximate surface area is 195 Å². The van der Waals surface area contributed by atoms with Gasteiger partial charge in [0.25, 0.3) is 0 Å². The predicted molar refractivity (Wildman–Crippen MR) is 123 cm³/mol. The van der Waals surface area contributed by atoms with Gasteiger partial charge in [-0.05, 0) is 61.5 Å². The van der Waals surface area contributed by atoms with E-state index in [1.54, 1.807) is 0 Å². The molecule has 32 heavy (non-hydrogen) atoms. The SMILES string of the molecule is CC(C)(C)OC(=O)CO[C@H]1CCC[C@@H](Oc2ncnc3oc(Br)c(-c4ccccc4)c23)C1. The minimum Gasteiger partial charge on any atom is -0.474 e. The molecule has 2 atom stereocenters. The monoisotopic (exact) mass is 502 g/mol. The minimum atomic E-state index is -0.521. The summed E-state index contributed by atoms with van der Waals surface area (Å²) in [6.07, 6.45) is 4.69. The van der Waals surface area contributed by atoms with Crippen LogP contribution in [0.5, 0.6) is 5.88 Å². The van der Waals surface area contributed by atoms with E-state index in [4.69, 9.17) is 18.6 Å². The quantitative estimate of drug-likeness (QED) is 0.399. The van der Waals surface area contributed by atoms with Crippen LogP contribution in [-0.4, -0.2) is 40.4 Å². The van der Waals surface area contributed by atoms with E-state index in [1.165, 1.54) is 6.33 Å². The van der Waals surface area contributed by atoms with Gasteiger partial charge in [-0.2, -0.15) is 0 Å². The van der Waals surface area contributed by atoms with Gasteiger partial charge in [0.15, 0.2) is 4.67 Å². The fourth-order valence-corrected chi connectivity index (χ4v) is 4.49. The van der Waals surface area contributed by atoms with E-state index in [2.05, 4.69) is 25.9 Å². The molecule has 1 aliphatic rings. The lowest BCUT2D eigenvalue weighted by molar-refractivity contribution is -0.163. The number of nitrogens with zero attached hydrogens (tertiary/aromatic N) is 2. The number of hydrogen-bond donors (Lipinski definition) is 0. The molecule has 2 heterocycles. The van der Waals surface area contributed by atoms with Crippen molar-refractivity contribution in [1.29, 1.82) is 0 Å². The van der Waals surface area contributed by atoms with Gasteiger partial charge in [0, 0.05) is 12.0 Å².